The highest BCUT2D eigenvalue weighted by Gasteiger charge is 2.27. The van der Waals surface area contributed by atoms with E-state index in [1.807, 2.05) is 0 Å². The van der Waals surface area contributed by atoms with Gasteiger partial charge in [0.25, 0.3) is 0 Å². The number of alkyl halides is 4. The number of carbonyl (C=O) groups is 1. The van der Waals surface area contributed by atoms with Gasteiger partial charge in [0, 0.05) is 13.0 Å². The Balaban J connectivity index is 4.06. The molecule has 1 atom stereocenters. The lowest BCUT2D eigenvalue weighted by Crippen LogP contribution is -2.35. The van der Waals surface area contributed by atoms with E-state index in [2.05, 4.69) is 9.46 Å². The Labute approximate surface area is 117 Å². The summed E-state index contributed by atoms with van der Waals surface area (Å²) in [4.78, 5) is 11.0. The summed E-state index contributed by atoms with van der Waals surface area (Å²) in [5.74, 6) is -1.23. The van der Waals surface area contributed by atoms with Gasteiger partial charge in [0.15, 0.2) is 0 Å². The highest BCUT2D eigenvalue weighted by Crippen LogP contribution is 2.21. The van der Waals surface area contributed by atoms with Crippen molar-refractivity contribution in [2.45, 2.75) is 22.9 Å². The van der Waals surface area contributed by atoms with Crippen LogP contribution in [-0.2, 0) is 19.6 Å². The first-order chi connectivity index (χ1) is 8.07. The maximum Gasteiger partial charge on any atom is 0.389 e. The second kappa shape index (κ2) is 7.48. The third-order valence-corrected chi connectivity index (χ3v) is 4.19. The van der Waals surface area contributed by atoms with E-state index >= 15 is 0 Å². The lowest BCUT2D eigenvalue weighted by molar-refractivity contribution is -0.139. The summed E-state index contributed by atoms with van der Waals surface area (Å²) in [6, 6.07) is 0. The van der Waals surface area contributed by atoms with Crippen molar-refractivity contribution in [2.24, 2.45) is 0 Å². The molecule has 0 heterocycles. The molecular formula is C8H13F3INO4S. The number of carbonyl (C=O) groups excluding carboxylic acids is 1. The van der Waals surface area contributed by atoms with Crippen LogP contribution in [-0.4, -0.2) is 43.9 Å². The van der Waals surface area contributed by atoms with Crippen LogP contribution in [0.3, 0.4) is 0 Å². The third kappa shape index (κ3) is 8.91. The van der Waals surface area contributed by atoms with Crippen LogP contribution in [0.25, 0.3) is 0 Å². The maximum atomic E-state index is 11.8. The highest BCUT2D eigenvalue weighted by atomic mass is 127. The molecule has 0 aromatic carbocycles. The number of esters is 1. The maximum absolute atomic E-state index is 11.8. The minimum absolute atomic E-state index is 0.207. The second-order valence-electron chi connectivity index (χ2n) is 3.38. The number of rotatable bonds is 7. The first kappa shape index (κ1) is 17.9. The van der Waals surface area contributed by atoms with Gasteiger partial charge in [-0.2, -0.15) is 13.2 Å². The summed E-state index contributed by atoms with van der Waals surface area (Å²) in [5.41, 5.74) is 0. The normalized spacial score (nSPS) is 14.3. The van der Waals surface area contributed by atoms with Crippen molar-refractivity contribution < 1.29 is 31.1 Å². The molecule has 5 nitrogen and oxygen atoms in total. The number of hydrogen-bond donors (Lipinski definition) is 1. The summed E-state index contributed by atoms with van der Waals surface area (Å²) in [6.45, 7) is -0.207. The van der Waals surface area contributed by atoms with Gasteiger partial charge in [0.1, 0.15) is 3.92 Å². The Morgan fingerprint density at radius 1 is 1.44 bits per heavy atom. The molecular weight excluding hydrogens is 390 g/mol. The van der Waals surface area contributed by atoms with Gasteiger partial charge in [-0.05, 0) is 6.42 Å². The standard InChI is InChI=1S/C8H13F3INO4S/c1-17-7(14)6(12)5-13-18(15,16)4-2-3-8(9,10)11/h6,13H,2-5H2,1H3. The van der Waals surface area contributed by atoms with E-state index in [9.17, 15) is 26.4 Å². The van der Waals surface area contributed by atoms with Gasteiger partial charge in [-0.15, -0.1) is 0 Å². The van der Waals surface area contributed by atoms with Crippen molar-refractivity contribution in [3.63, 3.8) is 0 Å². The zero-order valence-corrected chi connectivity index (χ0v) is 12.4. The van der Waals surface area contributed by atoms with Crippen LogP contribution in [0.2, 0.25) is 0 Å². The monoisotopic (exact) mass is 403 g/mol. The molecule has 0 aromatic rings. The fourth-order valence-corrected chi connectivity index (χ4v) is 2.81. The van der Waals surface area contributed by atoms with Crippen molar-refractivity contribution in [1.82, 2.24) is 4.72 Å². The fraction of sp³-hybridized carbons (Fsp3) is 0.875. The molecule has 0 aliphatic rings. The number of nitrogens with one attached hydrogen (secondary N) is 1. The molecule has 0 spiro atoms. The summed E-state index contributed by atoms with van der Waals surface area (Å²) in [5, 5.41) is 0. The quantitative estimate of drug-likeness (QED) is 0.394. The van der Waals surface area contributed by atoms with Crippen molar-refractivity contribution in [3.8, 4) is 0 Å². The summed E-state index contributed by atoms with van der Waals surface area (Å²) >= 11 is 1.68. The molecule has 0 aliphatic carbocycles. The minimum Gasteiger partial charge on any atom is -0.468 e. The van der Waals surface area contributed by atoms with E-state index in [1.54, 1.807) is 22.6 Å². The molecule has 1 N–H and O–H groups in total. The predicted octanol–water partition coefficient (Wildman–Crippen LogP) is 1.22. The van der Waals surface area contributed by atoms with Crippen LogP contribution in [0.1, 0.15) is 12.8 Å². The Morgan fingerprint density at radius 2 is 2.00 bits per heavy atom. The highest BCUT2D eigenvalue weighted by molar-refractivity contribution is 14.1. The van der Waals surface area contributed by atoms with Gasteiger partial charge >= 0.3 is 12.1 Å². The van der Waals surface area contributed by atoms with Crippen LogP contribution >= 0.6 is 22.6 Å². The lowest BCUT2D eigenvalue weighted by Gasteiger charge is -2.10. The molecule has 10 heteroatoms. The van der Waals surface area contributed by atoms with Gasteiger partial charge < -0.3 is 4.74 Å². The lowest BCUT2D eigenvalue weighted by atomic mass is 10.3. The zero-order chi connectivity index (χ0) is 14.4. The number of methoxy groups -OCH3 is 1. The number of hydrogen-bond acceptors (Lipinski definition) is 4. The van der Waals surface area contributed by atoms with Gasteiger partial charge in [0.2, 0.25) is 10.0 Å². The van der Waals surface area contributed by atoms with Gasteiger partial charge in [-0.3, -0.25) is 4.79 Å². The van der Waals surface area contributed by atoms with Gasteiger partial charge in [0.05, 0.1) is 12.9 Å². The van der Waals surface area contributed by atoms with Crippen LogP contribution in [0.4, 0.5) is 13.2 Å². The molecule has 0 amide bonds. The van der Waals surface area contributed by atoms with E-state index in [0.717, 1.165) is 7.11 Å². The average Bonchev–Trinajstić information content (AvgIpc) is 2.22. The number of halogens is 4. The molecule has 18 heavy (non-hydrogen) atoms. The smallest absolute Gasteiger partial charge is 0.389 e. The van der Waals surface area contributed by atoms with Crippen molar-refractivity contribution in [2.75, 3.05) is 19.4 Å². The molecule has 0 saturated heterocycles. The largest absolute Gasteiger partial charge is 0.468 e. The predicted molar refractivity (Wildman–Crippen MR) is 66.9 cm³/mol. The molecule has 0 aliphatic heterocycles. The summed E-state index contributed by atoms with van der Waals surface area (Å²) < 4.78 is 63.8. The Kier molecular flexibility index (Phi) is 7.44. The average molecular weight is 403 g/mol. The molecule has 1 unspecified atom stereocenters. The molecule has 0 rings (SSSR count). The van der Waals surface area contributed by atoms with Gasteiger partial charge in [-0.1, -0.05) is 22.6 Å². The van der Waals surface area contributed by atoms with Crippen LogP contribution in [0.15, 0.2) is 0 Å². The zero-order valence-electron chi connectivity index (χ0n) is 9.46. The molecule has 0 saturated carbocycles. The second-order valence-corrected chi connectivity index (χ2v) is 6.81. The molecule has 0 aromatic heterocycles. The minimum atomic E-state index is -4.37. The van der Waals surface area contributed by atoms with Crippen LogP contribution in [0.5, 0.6) is 0 Å². The molecule has 0 bridgehead atoms. The molecule has 0 radical (unpaired) electrons. The Bertz CT molecular complexity index is 371. The van der Waals surface area contributed by atoms with Crippen LogP contribution < -0.4 is 4.72 Å². The SMILES string of the molecule is COC(=O)C(I)CNS(=O)(=O)CCCC(F)(F)F. The first-order valence-electron chi connectivity index (χ1n) is 4.83. The van der Waals surface area contributed by atoms with E-state index in [0.29, 0.717) is 0 Å². The van der Waals surface area contributed by atoms with Gasteiger partial charge in [-0.25, -0.2) is 13.1 Å². The summed E-state index contributed by atoms with van der Waals surface area (Å²) in [6.07, 6.45) is -6.03. The summed E-state index contributed by atoms with van der Waals surface area (Å²) in [7, 11) is -2.64. The number of ether oxygens (including phenoxy) is 1. The van der Waals surface area contributed by atoms with E-state index in [4.69, 9.17) is 0 Å². The van der Waals surface area contributed by atoms with E-state index in [1.165, 1.54) is 0 Å². The fourth-order valence-electron chi connectivity index (χ4n) is 0.946. The van der Waals surface area contributed by atoms with Crippen LogP contribution in [0, 0.1) is 0 Å². The number of sulfonamides is 1. The Morgan fingerprint density at radius 3 is 2.44 bits per heavy atom. The third-order valence-electron chi connectivity index (χ3n) is 1.81. The topological polar surface area (TPSA) is 72.5 Å². The van der Waals surface area contributed by atoms with E-state index < -0.39 is 44.7 Å². The Hall–Kier alpha value is -0.100. The molecule has 0 fully saturated rings. The van der Waals surface area contributed by atoms with Crippen molar-refractivity contribution in [1.29, 1.82) is 0 Å². The van der Waals surface area contributed by atoms with Crippen molar-refractivity contribution in [3.05, 3.63) is 0 Å². The molecule has 108 valence electrons. The van der Waals surface area contributed by atoms with Crippen molar-refractivity contribution >= 4 is 38.6 Å². The van der Waals surface area contributed by atoms with E-state index in [-0.39, 0.29) is 6.54 Å². The first-order valence-corrected chi connectivity index (χ1v) is 7.73.